The van der Waals surface area contributed by atoms with E-state index in [1.54, 1.807) is 0 Å². The van der Waals surface area contributed by atoms with Crippen LogP contribution in [0.5, 0.6) is 0 Å². The summed E-state index contributed by atoms with van der Waals surface area (Å²) in [6.45, 7) is 0.519. The third-order valence-corrected chi connectivity index (χ3v) is 1.34. The molecular weight excluding hydrogens is 148 g/mol. The normalized spacial score (nSPS) is 12.5. The number of rotatable bonds is 6. The van der Waals surface area contributed by atoms with E-state index in [0.717, 1.165) is 6.42 Å². The van der Waals surface area contributed by atoms with Crippen LogP contribution in [-0.4, -0.2) is 23.7 Å². The monoisotopic (exact) mass is 160 g/mol. The van der Waals surface area contributed by atoms with Gasteiger partial charge in [0, 0.05) is 0 Å². The van der Waals surface area contributed by atoms with Crippen molar-refractivity contribution in [2.45, 2.75) is 25.3 Å². The second-order valence-electron chi connectivity index (χ2n) is 2.24. The van der Waals surface area contributed by atoms with Gasteiger partial charge in [0.25, 0.3) is 0 Å². The molecule has 3 N–H and O–H groups in total. The van der Waals surface area contributed by atoms with Crippen LogP contribution >= 0.6 is 0 Å². The number of carboxylic acids is 1. The Kier molecular flexibility index (Phi) is 5.28. The van der Waals surface area contributed by atoms with Gasteiger partial charge in [-0.15, -0.1) is 4.91 Å². The molecule has 0 aromatic carbocycles. The molecule has 0 aliphatic rings. The van der Waals surface area contributed by atoms with Gasteiger partial charge < -0.3 is 10.8 Å². The summed E-state index contributed by atoms with van der Waals surface area (Å²) >= 11 is 0. The second kappa shape index (κ2) is 5.79. The van der Waals surface area contributed by atoms with Gasteiger partial charge in [-0.2, -0.15) is 0 Å². The minimum Gasteiger partial charge on any atom is -0.480 e. The molecule has 0 aromatic heterocycles. The Balaban J connectivity index is 3.52. The van der Waals surface area contributed by atoms with Crippen LogP contribution in [0.25, 0.3) is 0 Å². The number of unbranched alkanes of at least 4 members (excludes halogenated alkanes) is 1. The van der Waals surface area contributed by atoms with Gasteiger partial charge >= 0.3 is 5.97 Å². The molecule has 0 saturated heterocycles. The highest BCUT2D eigenvalue weighted by molar-refractivity contribution is 5.73. The van der Waals surface area contributed by atoms with Gasteiger partial charge in [-0.3, -0.25) is 0 Å². The summed E-state index contributed by atoms with van der Waals surface area (Å²) in [5, 5.41) is 10.8. The largest absolute Gasteiger partial charge is 0.480 e. The number of hydrogen-bond acceptors (Lipinski definition) is 4. The molecule has 0 amide bonds. The minimum absolute atomic E-state index is 0.288. The summed E-state index contributed by atoms with van der Waals surface area (Å²) in [4.78, 5) is 20.1. The van der Waals surface area contributed by atoms with Gasteiger partial charge in [0.1, 0.15) is 0 Å². The third kappa shape index (κ3) is 4.44. The van der Waals surface area contributed by atoms with Crippen LogP contribution in [0.3, 0.4) is 0 Å². The molecule has 0 radical (unpaired) electrons. The molecular formula is C6H12N2O3. The molecule has 0 aromatic rings. The quantitative estimate of drug-likeness (QED) is 0.432. The maximum Gasteiger partial charge on any atom is 0.332 e. The van der Waals surface area contributed by atoms with E-state index in [-0.39, 0.29) is 6.42 Å². The zero-order valence-corrected chi connectivity index (χ0v) is 6.19. The van der Waals surface area contributed by atoms with E-state index in [4.69, 9.17) is 10.8 Å². The van der Waals surface area contributed by atoms with E-state index >= 15 is 0 Å². The lowest BCUT2D eigenvalue weighted by Crippen LogP contribution is -2.17. The second-order valence-corrected chi connectivity index (χ2v) is 2.24. The Morgan fingerprint density at radius 3 is 2.55 bits per heavy atom. The minimum atomic E-state index is -1.16. The Labute approximate surface area is 64.6 Å². The fourth-order valence-corrected chi connectivity index (χ4v) is 0.703. The van der Waals surface area contributed by atoms with Gasteiger partial charge in [0.2, 0.25) is 0 Å². The molecule has 64 valence electrons. The van der Waals surface area contributed by atoms with Crippen molar-refractivity contribution in [2.75, 3.05) is 6.54 Å². The van der Waals surface area contributed by atoms with Crippen molar-refractivity contribution in [3.05, 3.63) is 4.91 Å². The Morgan fingerprint density at radius 1 is 1.55 bits per heavy atom. The average Bonchev–Trinajstić information content (AvgIpc) is 1.97. The molecule has 0 spiro atoms. The van der Waals surface area contributed by atoms with Crippen LogP contribution in [0.4, 0.5) is 0 Å². The lowest BCUT2D eigenvalue weighted by molar-refractivity contribution is -0.138. The number of hydrogen-bond donors (Lipinski definition) is 2. The van der Waals surface area contributed by atoms with E-state index in [1.807, 2.05) is 0 Å². The number of nitrogens with zero attached hydrogens (tertiary/aromatic N) is 1. The first kappa shape index (κ1) is 10.0. The van der Waals surface area contributed by atoms with Crippen LogP contribution in [0, 0.1) is 4.91 Å². The maximum absolute atomic E-state index is 10.2. The van der Waals surface area contributed by atoms with Gasteiger partial charge in [0.05, 0.1) is 0 Å². The van der Waals surface area contributed by atoms with Crippen LogP contribution in [0.2, 0.25) is 0 Å². The van der Waals surface area contributed by atoms with E-state index < -0.39 is 12.0 Å². The lowest BCUT2D eigenvalue weighted by Gasteiger charge is -2.01. The molecule has 5 nitrogen and oxygen atoms in total. The van der Waals surface area contributed by atoms with Crippen LogP contribution < -0.4 is 5.73 Å². The number of nitrogens with two attached hydrogens (primary N) is 1. The first-order chi connectivity index (χ1) is 5.22. The van der Waals surface area contributed by atoms with Crippen molar-refractivity contribution in [1.29, 1.82) is 0 Å². The molecule has 5 heteroatoms. The number of carboxylic acid groups (broad SMARTS) is 1. The van der Waals surface area contributed by atoms with Gasteiger partial charge in [-0.05, 0) is 25.8 Å². The van der Waals surface area contributed by atoms with E-state index in [9.17, 15) is 9.70 Å². The Morgan fingerprint density at radius 2 is 2.18 bits per heavy atom. The first-order valence-electron chi connectivity index (χ1n) is 3.47. The summed E-state index contributed by atoms with van der Waals surface area (Å²) < 4.78 is 0. The molecule has 1 unspecified atom stereocenters. The topological polar surface area (TPSA) is 92.8 Å². The smallest absolute Gasteiger partial charge is 0.332 e. The molecule has 11 heavy (non-hydrogen) atoms. The summed E-state index contributed by atoms with van der Waals surface area (Å²) in [5.74, 6) is -1.16. The van der Waals surface area contributed by atoms with Crippen molar-refractivity contribution in [3.8, 4) is 0 Å². The Bertz CT molecular complexity index is 138. The molecule has 0 bridgehead atoms. The van der Waals surface area contributed by atoms with Crippen LogP contribution in [-0.2, 0) is 4.79 Å². The van der Waals surface area contributed by atoms with E-state index in [0.29, 0.717) is 13.0 Å². The van der Waals surface area contributed by atoms with Crippen molar-refractivity contribution < 1.29 is 9.90 Å². The molecule has 0 aliphatic heterocycles. The lowest BCUT2D eigenvalue weighted by atomic mass is 10.1. The van der Waals surface area contributed by atoms with Gasteiger partial charge in [-0.1, -0.05) is 5.18 Å². The predicted molar refractivity (Wildman–Crippen MR) is 40.1 cm³/mol. The van der Waals surface area contributed by atoms with Crippen molar-refractivity contribution >= 4 is 5.97 Å². The van der Waals surface area contributed by atoms with Crippen LogP contribution in [0.1, 0.15) is 19.3 Å². The Hall–Kier alpha value is -0.970. The summed E-state index contributed by atoms with van der Waals surface area (Å²) in [5.41, 5.74) is 5.18. The number of nitroso groups, excluding NO2 is 1. The third-order valence-electron chi connectivity index (χ3n) is 1.34. The molecule has 0 rings (SSSR count). The standard InChI is InChI=1S/C6H12N2O3/c7-4-2-1-3-5(8-11)6(9)10/h5H,1-4,7H2,(H,9,10). The molecule has 1 atom stereocenters. The highest BCUT2D eigenvalue weighted by atomic mass is 16.4. The number of carbonyl (C=O) groups is 1. The average molecular weight is 160 g/mol. The molecule has 0 saturated carbocycles. The van der Waals surface area contributed by atoms with E-state index in [1.165, 1.54) is 0 Å². The summed E-state index contributed by atoms with van der Waals surface area (Å²) in [7, 11) is 0. The van der Waals surface area contributed by atoms with Gasteiger partial charge in [-0.25, -0.2) is 4.79 Å². The highest BCUT2D eigenvalue weighted by Gasteiger charge is 2.16. The fourth-order valence-electron chi connectivity index (χ4n) is 0.703. The SMILES string of the molecule is NCCCCC(N=O)C(=O)O. The molecule has 0 fully saturated rings. The highest BCUT2D eigenvalue weighted by Crippen LogP contribution is 2.03. The van der Waals surface area contributed by atoms with Crippen molar-refractivity contribution in [2.24, 2.45) is 10.9 Å². The van der Waals surface area contributed by atoms with Crippen molar-refractivity contribution in [1.82, 2.24) is 0 Å². The summed E-state index contributed by atoms with van der Waals surface area (Å²) in [6, 6.07) is -1.10. The fraction of sp³-hybridized carbons (Fsp3) is 0.833. The molecule has 0 aliphatic carbocycles. The maximum atomic E-state index is 10.2. The van der Waals surface area contributed by atoms with E-state index in [2.05, 4.69) is 5.18 Å². The van der Waals surface area contributed by atoms with Crippen LogP contribution in [0.15, 0.2) is 5.18 Å². The molecule has 0 heterocycles. The summed E-state index contributed by atoms with van der Waals surface area (Å²) in [6.07, 6.45) is 1.66. The predicted octanol–water partition coefficient (Wildman–Crippen LogP) is 0.335. The number of aliphatic carboxylic acids is 1. The van der Waals surface area contributed by atoms with Crippen molar-refractivity contribution in [3.63, 3.8) is 0 Å². The zero-order chi connectivity index (χ0) is 8.69. The van der Waals surface area contributed by atoms with Gasteiger partial charge in [0.15, 0.2) is 6.04 Å². The zero-order valence-electron chi connectivity index (χ0n) is 6.19. The first-order valence-corrected chi connectivity index (χ1v) is 3.47.